The number of Topliss-reactive ketones (excluding diaryl/α,β-unsaturated/α-hetero) is 1. The Morgan fingerprint density at radius 3 is 2.57 bits per heavy atom. The molecule has 0 amide bonds. The van der Waals surface area contributed by atoms with E-state index in [1.807, 2.05) is 61.1 Å². The minimum Gasteiger partial charge on any atom is -0.323 e. The molecule has 0 saturated heterocycles. The molecule has 0 saturated carbocycles. The van der Waals surface area contributed by atoms with Crippen molar-refractivity contribution in [3.8, 4) is 0 Å². The van der Waals surface area contributed by atoms with Gasteiger partial charge >= 0.3 is 0 Å². The number of nitrogens with zero attached hydrogens (tertiary/aromatic N) is 2. The fraction of sp³-hybridized carbons (Fsp3) is 0.120. The van der Waals surface area contributed by atoms with Crippen molar-refractivity contribution in [2.45, 2.75) is 19.4 Å². The van der Waals surface area contributed by atoms with Gasteiger partial charge in [-0.1, -0.05) is 72.8 Å². The topological polar surface area (TPSA) is 34.9 Å². The fourth-order valence-electron chi connectivity index (χ4n) is 4.35. The Morgan fingerprint density at radius 2 is 1.71 bits per heavy atom. The Balaban J connectivity index is 1.57. The molecule has 5 rings (SSSR count). The molecular weight excluding hydrogens is 344 g/mol. The Morgan fingerprint density at radius 1 is 0.964 bits per heavy atom. The number of fused-ring (bicyclic) bond motifs is 2. The first kappa shape index (κ1) is 16.7. The van der Waals surface area contributed by atoms with E-state index < -0.39 is 0 Å². The van der Waals surface area contributed by atoms with Gasteiger partial charge in [0, 0.05) is 12.0 Å². The van der Waals surface area contributed by atoms with Crippen LogP contribution >= 0.6 is 0 Å². The predicted molar refractivity (Wildman–Crippen MR) is 113 cm³/mol. The van der Waals surface area contributed by atoms with Gasteiger partial charge < -0.3 is 4.57 Å². The van der Waals surface area contributed by atoms with Gasteiger partial charge in [0.1, 0.15) is 0 Å². The van der Waals surface area contributed by atoms with Gasteiger partial charge in [0.15, 0.2) is 5.78 Å². The number of carbonyl (C=O) groups is 1. The number of hydrogen-bond donors (Lipinski definition) is 0. The summed E-state index contributed by atoms with van der Waals surface area (Å²) >= 11 is 0. The van der Waals surface area contributed by atoms with Gasteiger partial charge in [-0.15, -0.1) is 0 Å². The van der Waals surface area contributed by atoms with E-state index >= 15 is 0 Å². The minimum absolute atomic E-state index is 0.0358. The van der Waals surface area contributed by atoms with E-state index in [4.69, 9.17) is 0 Å². The fourth-order valence-corrected chi connectivity index (χ4v) is 4.35. The number of ketones is 1. The molecule has 3 nitrogen and oxygen atoms in total. The van der Waals surface area contributed by atoms with E-state index in [9.17, 15) is 4.79 Å². The Labute approximate surface area is 164 Å². The number of hydrogen-bond acceptors (Lipinski definition) is 2. The molecule has 1 atom stereocenters. The average molecular weight is 364 g/mol. The lowest BCUT2D eigenvalue weighted by atomic mass is 9.90. The third kappa shape index (κ3) is 2.59. The van der Waals surface area contributed by atoms with Gasteiger partial charge in [-0.05, 0) is 34.4 Å². The molecule has 0 spiro atoms. The highest BCUT2D eigenvalue weighted by Gasteiger charge is 2.32. The molecule has 28 heavy (non-hydrogen) atoms. The van der Waals surface area contributed by atoms with E-state index in [1.165, 1.54) is 16.7 Å². The number of aromatic nitrogens is 2. The second-order valence-electron chi connectivity index (χ2n) is 7.26. The molecule has 4 aromatic rings. The second-order valence-corrected chi connectivity index (χ2v) is 7.26. The molecule has 0 aliphatic carbocycles. The van der Waals surface area contributed by atoms with E-state index in [0.717, 1.165) is 22.0 Å². The predicted octanol–water partition coefficient (Wildman–Crippen LogP) is 5.79. The molecule has 0 N–H and O–H groups in total. The van der Waals surface area contributed by atoms with Crippen molar-refractivity contribution in [1.82, 2.24) is 9.55 Å². The van der Waals surface area contributed by atoms with Gasteiger partial charge in [0.25, 0.3) is 0 Å². The molecule has 1 unspecified atom stereocenters. The lowest BCUT2D eigenvalue weighted by Crippen LogP contribution is -2.13. The van der Waals surface area contributed by atoms with Crippen LogP contribution in [-0.2, 0) is 0 Å². The maximum absolute atomic E-state index is 13.4. The van der Waals surface area contributed by atoms with Gasteiger partial charge in [0.2, 0.25) is 0 Å². The summed E-state index contributed by atoms with van der Waals surface area (Å²) in [6, 6.07) is 24.3. The maximum atomic E-state index is 13.4. The zero-order valence-electron chi connectivity index (χ0n) is 15.7. The van der Waals surface area contributed by atoms with E-state index in [-0.39, 0.29) is 11.8 Å². The smallest absolute Gasteiger partial charge is 0.165 e. The van der Waals surface area contributed by atoms with Crippen molar-refractivity contribution in [1.29, 1.82) is 0 Å². The number of imidazole rings is 1. The normalized spacial score (nSPS) is 15.8. The van der Waals surface area contributed by atoms with Gasteiger partial charge in [-0.3, -0.25) is 4.79 Å². The van der Waals surface area contributed by atoms with E-state index in [2.05, 4.69) is 40.7 Å². The van der Waals surface area contributed by atoms with Crippen LogP contribution in [0.25, 0.3) is 21.9 Å². The highest BCUT2D eigenvalue weighted by molar-refractivity contribution is 6.09. The monoisotopic (exact) mass is 364 g/mol. The summed E-state index contributed by atoms with van der Waals surface area (Å²) in [4.78, 5) is 17.7. The molecular formula is C25H20N2O. The summed E-state index contributed by atoms with van der Waals surface area (Å²) in [6.07, 6.45) is 4.15. The van der Waals surface area contributed by atoms with Gasteiger partial charge in [0.05, 0.1) is 24.3 Å². The van der Waals surface area contributed by atoms with Crippen LogP contribution in [0, 0.1) is 0 Å². The average Bonchev–Trinajstić information content (AvgIpc) is 3.31. The van der Waals surface area contributed by atoms with Gasteiger partial charge in [-0.2, -0.15) is 0 Å². The summed E-state index contributed by atoms with van der Waals surface area (Å²) in [5.41, 5.74) is 5.46. The van der Waals surface area contributed by atoms with Crippen molar-refractivity contribution in [2.75, 3.05) is 0 Å². The van der Waals surface area contributed by atoms with Crippen molar-refractivity contribution in [3.63, 3.8) is 0 Å². The number of rotatable bonds is 4. The summed E-state index contributed by atoms with van der Waals surface area (Å²) in [7, 11) is 0. The summed E-state index contributed by atoms with van der Waals surface area (Å²) < 4.78 is 2.14. The standard InChI is InChI=1S/C25H20N2O/c1-17-23-15-26-16-27(23)22(25(17)19-9-3-2-4-10-19)14-24(28)21-13-7-11-18-8-5-6-12-20(18)21/h2-13,15-16,22H,14H2,1H3. The molecule has 1 aromatic heterocycles. The lowest BCUT2D eigenvalue weighted by Gasteiger charge is -2.18. The molecule has 0 fully saturated rings. The maximum Gasteiger partial charge on any atom is 0.165 e. The minimum atomic E-state index is -0.0358. The van der Waals surface area contributed by atoms with E-state index in [0.29, 0.717) is 6.42 Å². The highest BCUT2D eigenvalue weighted by atomic mass is 16.1. The van der Waals surface area contributed by atoms with Crippen LogP contribution in [0.4, 0.5) is 0 Å². The molecule has 0 bridgehead atoms. The zero-order valence-corrected chi connectivity index (χ0v) is 15.7. The molecule has 3 aromatic carbocycles. The quantitative estimate of drug-likeness (QED) is 0.429. The summed E-state index contributed by atoms with van der Waals surface area (Å²) in [6.45, 7) is 2.12. The number of carbonyl (C=O) groups excluding carboxylic acids is 1. The van der Waals surface area contributed by atoms with Crippen LogP contribution in [-0.4, -0.2) is 15.3 Å². The van der Waals surface area contributed by atoms with Crippen LogP contribution < -0.4 is 0 Å². The van der Waals surface area contributed by atoms with Crippen LogP contribution in [0.1, 0.15) is 41.0 Å². The first-order valence-corrected chi connectivity index (χ1v) is 9.53. The van der Waals surface area contributed by atoms with Crippen molar-refractivity contribution < 1.29 is 4.79 Å². The highest BCUT2D eigenvalue weighted by Crippen LogP contribution is 2.44. The third-order valence-electron chi connectivity index (χ3n) is 5.68. The lowest BCUT2D eigenvalue weighted by molar-refractivity contribution is 0.0974. The number of allylic oxidation sites excluding steroid dienone is 2. The largest absolute Gasteiger partial charge is 0.323 e. The van der Waals surface area contributed by atoms with Crippen LogP contribution in [0.5, 0.6) is 0 Å². The molecule has 136 valence electrons. The Hall–Kier alpha value is -3.46. The third-order valence-corrected chi connectivity index (χ3v) is 5.68. The van der Waals surface area contributed by atoms with Crippen LogP contribution in [0.2, 0.25) is 0 Å². The molecule has 2 heterocycles. The van der Waals surface area contributed by atoms with Gasteiger partial charge in [-0.25, -0.2) is 4.98 Å². The zero-order chi connectivity index (χ0) is 19.1. The molecule has 1 aliphatic heterocycles. The molecule has 1 aliphatic rings. The van der Waals surface area contributed by atoms with Crippen molar-refractivity contribution in [2.24, 2.45) is 0 Å². The van der Waals surface area contributed by atoms with Crippen molar-refractivity contribution in [3.05, 3.63) is 102 Å². The van der Waals surface area contributed by atoms with Crippen molar-refractivity contribution >= 4 is 27.7 Å². The molecule has 0 radical (unpaired) electrons. The summed E-state index contributed by atoms with van der Waals surface area (Å²) in [5.74, 6) is 0.157. The van der Waals surface area contributed by atoms with Crippen LogP contribution in [0.3, 0.4) is 0 Å². The van der Waals surface area contributed by atoms with Crippen LogP contribution in [0.15, 0.2) is 85.3 Å². The van der Waals surface area contributed by atoms with E-state index in [1.54, 1.807) is 0 Å². The first-order valence-electron chi connectivity index (χ1n) is 9.53. The second kappa shape index (κ2) is 6.61. The number of benzene rings is 3. The Bertz CT molecular complexity index is 1210. The Kier molecular flexibility index (Phi) is 3.94. The summed E-state index contributed by atoms with van der Waals surface area (Å²) in [5, 5.41) is 2.11. The molecule has 3 heteroatoms. The SMILES string of the molecule is CC1=C(c2ccccc2)C(CC(=O)c2cccc3ccccc23)n2cncc21. The first-order chi connectivity index (χ1) is 13.7.